The molecule has 0 saturated carbocycles. The van der Waals surface area contributed by atoms with Gasteiger partial charge in [0, 0.05) is 19.6 Å². The molecule has 0 bridgehead atoms. The average molecular weight is 142 g/mol. The van der Waals surface area contributed by atoms with Crippen molar-refractivity contribution in [1.82, 2.24) is 10.2 Å². The first-order chi connectivity index (χ1) is 4.83. The van der Waals surface area contributed by atoms with Crippen molar-refractivity contribution in [2.45, 2.75) is 6.92 Å². The highest BCUT2D eigenvalue weighted by molar-refractivity contribution is 5.47. The monoisotopic (exact) mass is 142 g/mol. The average Bonchev–Trinajstić information content (AvgIpc) is 2.13. The minimum absolute atomic E-state index is 0.590. The van der Waals surface area contributed by atoms with Gasteiger partial charge in [-0.2, -0.15) is 0 Å². The van der Waals surface area contributed by atoms with E-state index in [9.17, 15) is 4.79 Å². The maximum atomic E-state index is 10.4. The van der Waals surface area contributed by atoms with Gasteiger partial charge in [-0.1, -0.05) is 6.92 Å². The first-order valence-corrected chi connectivity index (χ1v) is 3.73. The Balaban J connectivity index is 2.37. The maximum Gasteiger partial charge on any atom is 0.209 e. The molecule has 1 fully saturated rings. The fourth-order valence-corrected chi connectivity index (χ4v) is 1.22. The van der Waals surface area contributed by atoms with Crippen LogP contribution in [0.4, 0.5) is 0 Å². The van der Waals surface area contributed by atoms with Crippen molar-refractivity contribution in [3.8, 4) is 0 Å². The van der Waals surface area contributed by atoms with Crippen molar-refractivity contribution in [1.29, 1.82) is 0 Å². The number of amides is 1. The van der Waals surface area contributed by atoms with Crippen LogP contribution in [0.2, 0.25) is 0 Å². The fraction of sp³-hybridized carbons (Fsp3) is 0.857. The van der Waals surface area contributed by atoms with Crippen molar-refractivity contribution >= 4 is 6.41 Å². The van der Waals surface area contributed by atoms with Crippen molar-refractivity contribution in [2.24, 2.45) is 5.92 Å². The van der Waals surface area contributed by atoms with E-state index in [4.69, 9.17) is 0 Å². The van der Waals surface area contributed by atoms with Gasteiger partial charge in [0.2, 0.25) is 6.41 Å². The van der Waals surface area contributed by atoms with Crippen LogP contribution in [0.1, 0.15) is 6.92 Å². The summed E-state index contributed by atoms with van der Waals surface area (Å²) in [6, 6.07) is 0. The Morgan fingerprint density at radius 1 is 1.70 bits per heavy atom. The number of carbonyl (C=O) groups is 1. The van der Waals surface area contributed by atoms with Crippen LogP contribution in [0.5, 0.6) is 0 Å². The molecule has 3 nitrogen and oxygen atoms in total. The summed E-state index contributed by atoms with van der Waals surface area (Å²) in [5.74, 6) is 0.590. The zero-order valence-electron chi connectivity index (χ0n) is 6.34. The lowest BCUT2D eigenvalue weighted by Gasteiger charge is -2.15. The lowest BCUT2D eigenvalue weighted by atomic mass is 10.2. The van der Waals surface area contributed by atoms with Crippen molar-refractivity contribution in [3.63, 3.8) is 0 Å². The van der Waals surface area contributed by atoms with E-state index >= 15 is 0 Å². The molecule has 0 radical (unpaired) electrons. The molecule has 0 aromatic carbocycles. The summed E-state index contributed by atoms with van der Waals surface area (Å²) in [7, 11) is 0. The maximum absolute atomic E-state index is 10.4. The van der Waals surface area contributed by atoms with E-state index in [2.05, 4.69) is 12.2 Å². The van der Waals surface area contributed by atoms with E-state index in [-0.39, 0.29) is 0 Å². The second-order valence-corrected chi connectivity index (χ2v) is 2.91. The van der Waals surface area contributed by atoms with Crippen LogP contribution in [0.25, 0.3) is 0 Å². The summed E-state index contributed by atoms with van der Waals surface area (Å²) in [4.78, 5) is 12.2. The summed E-state index contributed by atoms with van der Waals surface area (Å²) < 4.78 is 0. The summed E-state index contributed by atoms with van der Waals surface area (Å²) in [6.45, 7) is 5.87. The zero-order chi connectivity index (χ0) is 7.40. The molecule has 10 heavy (non-hydrogen) atoms. The van der Waals surface area contributed by atoms with Crippen LogP contribution in [0, 0.1) is 5.92 Å². The Bertz CT molecular complexity index is 116. The Labute approximate surface area is 61.4 Å². The molecule has 1 aliphatic rings. The second-order valence-electron chi connectivity index (χ2n) is 2.91. The molecular formula is C7H14N2O. The third-order valence-corrected chi connectivity index (χ3v) is 1.76. The lowest BCUT2D eigenvalue weighted by Crippen LogP contribution is -2.27. The molecule has 0 aromatic rings. The zero-order valence-corrected chi connectivity index (χ0v) is 6.34. The van der Waals surface area contributed by atoms with Crippen LogP contribution in [0.3, 0.4) is 0 Å². The van der Waals surface area contributed by atoms with Crippen LogP contribution in [-0.2, 0) is 4.79 Å². The van der Waals surface area contributed by atoms with Gasteiger partial charge in [-0.3, -0.25) is 4.79 Å². The molecule has 1 atom stereocenters. The largest absolute Gasteiger partial charge is 0.344 e. The number of nitrogens with one attached hydrogen (secondary N) is 1. The number of carbonyl (C=O) groups excluding carboxylic acids is 1. The van der Waals surface area contributed by atoms with E-state index in [1.54, 1.807) is 0 Å². The van der Waals surface area contributed by atoms with Crippen LogP contribution >= 0.6 is 0 Å². The molecule has 1 rings (SSSR count). The van der Waals surface area contributed by atoms with Gasteiger partial charge >= 0.3 is 0 Å². The first-order valence-electron chi connectivity index (χ1n) is 3.73. The Morgan fingerprint density at radius 2 is 2.50 bits per heavy atom. The van der Waals surface area contributed by atoms with Gasteiger partial charge in [-0.25, -0.2) is 0 Å². The van der Waals surface area contributed by atoms with Crippen molar-refractivity contribution in [3.05, 3.63) is 0 Å². The predicted molar refractivity (Wildman–Crippen MR) is 39.7 cm³/mol. The highest BCUT2D eigenvalue weighted by Gasteiger charge is 2.11. The van der Waals surface area contributed by atoms with E-state index in [1.165, 1.54) is 0 Å². The summed E-state index contributed by atoms with van der Waals surface area (Å²) in [5.41, 5.74) is 0. The quantitative estimate of drug-likeness (QED) is 0.509. The van der Waals surface area contributed by atoms with Gasteiger partial charge in [0.25, 0.3) is 0 Å². The molecule has 1 N–H and O–H groups in total. The second kappa shape index (κ2) is 3.56. The molecule has 0 spiro atoms. The van der Waals surface area contributed by atoms with Gasteiger partial charge in [0.05, 0.1) is 0 Å². The number of rotatable bonds is 1. The summed E-state index contributed by atoms with van der Waals surface area (Å²) in [5, 5.41) is 3.26. The summed E-state index contributed by atoms with van der Waals surface area (Å²) in [6.07, 6.45) is 0.934. The fourth-order valence-electron chi connectivity index (χ4n) is 1.22. The normalized spacial score (nSPS) is 27.7. The van der Waals surface area contributed by atoms with Crippen molar-refractivity contribution in [2.75, 3.05) is 26.2 Å². The molecule has 1 unspecified atom stereocenters. The smallest absolute Gasteiger partial charge is 0.209 e. The van der Waals surface area contributed by atoms with Crippen LogP contribution < -0.4 is 5.32 Å². The predicted octanol–water partition coefficient (Wildman–Crippen LogP) is -0.316. The standard InChI is InChI=1S/C7H14N2O/c1-7-4-8-2-3-9(5-7)6-10/h6-8H,2-5H2,1H3. The third kappa shape index (κ3) is 1.99. The SMILES string of the molecule is CC1CNCCN(C=O)C1. The van der Waals surface area contributed by atoms with Gasteiger partial charge < -0.3 is 10.2 Å². The molecule has 58 valence electrons. The molecule has 1 amide bonds. The minimum atomic E-state index is 0.590. The Hall–Kier alpha value is -0.570. The molecule has 1 aliphatic heterocycles. The molecule has 1 heterocycles. The van der Waals surface area contributed by atoms with E-state index in [1.807, 2.05) is 4.90 Å². The lowest BCUT2D eigenvalue weighted by molar-refractivity contribution is -0.118. The van der Waals surface area contributed by atoms with Crippen LogP contribution in [0.15, 0.2) is 0 Å². The molecule has 1 saturated heterocycles. The summed E-state index contributed by atoms with van der Waals surface area (Å²) >= 11 is 0. The van der Waals surface area contributed by atoms with Crippen LogP contribution in [-0.4, -0.2) is 37.5 Å². The van der Waals surface area contributed by atoms with Gasteiger partial charge in [-0.15, -0.1) is 0 Å². The van der Waals surface area contributed by atoms with E-state index < -0.39 is 0 Å². The van der Waals surface area contributed by atoms with Crippen molar-refractivity contribution < 1.29 is 4.79 Å². The topological polar surface area (TPSA) is 32.3 Å². The highest BCUT2D eigenvalue weighted by atomic mass is 16.1. The first kappa shape index (κ1) is 7.54. The molecule has 0 aromatic heterocycles. The van der Waals surface area contributed by atoms with E-state index in [0.717, 1.165) is 32.6 Å². The molecular weight excluding hydrogens is 128 g/mol. The highest BCUT2D eigenvalue weighted by Crippen LogP contribution is 1.98. The van der Waals surface area contributed by atoms with E-state index in [0.29, 0.717) is 5.92 Å². The Morgan fingerprint density at radius 3 is 3.20 bits per heavy atom. The number of hydrogen-bond donors (Lipinski definition) is 1. The van der Waals surface area contributed by atoms with Gasteiger partial charge in [0.15, 0.2) is 0 Å². The molecule has 3 heteroatoms. The number of nitrogens with zero attached hydrogens (tertiary/aromatic N) is 1. The Kier molecular flexibility index (Phi) is 2.68. The van der Waals surface area contributed by atoms with Gasteiger partial charge in [-0.05, 0) is 12.5 Å². The minimum Gasteiger partial charge on any atom is -0.344 e. The molecule has 0 aliphatic carbocycles. The number of hydrogen-bond acceptors (Lipinski definition) is 2. The third-order valence-electron chi connectivity index (χ3n) is 1.76. The van der Waals surface area contributed by atoms with Gasteiger partial charge in [0.1, 0.15) is 0 Å².